The summed E-state index contributed by atoms with van der Waals surface area (Å²) < 4.78 is 5.21. The molecule has 0 spiro atoms. The van der Waals surface area contributed by atoms with Crippen molar-refractivity contribution >= 4 is 126 Å². The summed E-state index contributed by atoms with van der Waals surface area (Å²) in [6.45, 7) is 6.79. The summed E-state index contributed by atoms with van der Waals surface area (Å²) in [6, 6.07) is 92.9. The van der Waals surface area contributed by atoms with E-state index in [1.165, 1.54) is 107 Å². The summed E-state index contributed by atoms with van der Waals surface area (Å²) in [7, 11) is 0. The van der Waals surface area contributed by atoms with Crippen molar-refractivity contribution in [3.05, 3.63) is 254 Å². The molecule has 0 N–H and O–H groups in total. The Balaban J connectivity index is 1.12. The molecule has 0 aliphatic carbocycles. The second kappa shape index (κ2) is 17.5. The van der Waals surface area contributed by atoms with Crippen LogP contribution in [-0.4, -0.2) is 6.85 Å². The first-order valence-electron chi connectivity index (χ1n) is 26.3. The SMILES string of the molecule is CC(C)(C)c1ccc(N2c3cc(N(c4ccccc4)c4ccccc4)cc4c3B(c3sc5c(ccc6ccccc65)c32)N(c2ccc(-c3ccccc3)cc2)c2cc3sc5ccccc5c3cc2-4)c(-c2ccccc2)c1. The molecule has 2 aliphatic rings. The van der Waals surface area contributed by atoms with Crippen molar-refractivity contribution in [3.8, 4) is 33.4 Å². The predicted octanol–water partition coefficient (Wildman–Crippen LogP) is 19.2. The van der Waals surface area contributed by atoms with Gasteiger partial charge < -0.3 is 14.6 Å². The summed E-state index contributed by atoms with van der Waals surface area (Å²) in [4.78, 5) is 7.82. The van der Waals surface area contributed by atoms with Gasteiger partial charge in [0, 0.05) is 80.3 Å². The highest BCUT2D eigenvalue weighted by Gasteiger charge is 2.48. The van der Waals surface area contributed by atoms with Crippen LogP contribution in [0.3, 0.4) is 0 Å². The molecule has 360 valence electrons. The van der Waals surface area contributed by atoms with Gasteiger partial charge in [0.25, 0.3) is 0 Å². The van der Waals surface area contributed by atoms with Crippen LogP contribution in [-0.2, 0) is 5.41 Å². The molecule has 76 heavy (non-hydrogen) atoms. The minimum absolute atomic E-state index is 0.0728. The third-order valence-electron chi connectivity index (χ3n) is 15.7. The monoisotopic (exact) mass is 1010 g/mol. The molecule has 6 heteroatoms. The van der Waals surface area contributed by atoms with Gasteiger partial charge in [-0.2, -0.15) is 0 Å². The number of rotatable bonds is 7. The zero-order valence-electron chi connectivity index (χ0n) is 42.4. The molecule has 0 fully saturated rings. The Bertz CT molecular complexity index is 4350. The molecule has 0 radical (unpaired) electrons. The number of benzene rings is 11. The van der Waals surface area contributed by atoms with Gasteiger partial charge in [0.05, 0.1) is 11.4 Å². The summed E-state index contributed by atoms with van der Waals surface area (Å²) in [6.07, 6.45) is 0. The molecule has 0 atom stereocenters. The number of fused-ring (bicyclic) bond motifs is 11. The van der Waals surface area contributed by atoms with Gasteiger partial charge in [-0.1, -0.05) is 191 Å². The van der Waals surface area contributed by atoms with E-state index >= 15 is 0 Å². The highest BCUT2D eigenvalue weighted by Crippen LogP contribution is 2.55. The minimum atomic E-state index is -0.181. The number of thiophene rings is 2. The van der Waals surface area contributed by atoms with Crippen molar-refractivity contribution in [2.75, 3.05) is 14.6 Å². The molecular weight excluding hydrogens is 958 g/mol. The van der Waals surface area contributed by atoms with Gasteiger partial charge in [-0.3, -0.25) is 0 Å². The van der Waals surface area contributed by atoms with E-state index in [4.69, 9.17) is 0 Å². The van der Waals surface area contributed by atoms with E-state index in [0.29, 0.717) is 0 Å². The number of hydrogen-bond acceptors (Lipinski definition) is 5. The van der Waals surface area contributed by atoms with E-state index in [1.807, 2.05) is 22.7 Å². The Morgan fingerprint density at radius 2 is 1.04 bits per heavy atom. The van der Waals surface area contributed by atoms with Gasteiger partial charge in [-0.15, -0.1) is 22.7 Å². The first-order valence-corrected chi connectivity index (χ1v) is 27.9. The smallest absolute Gasteiger partial charge is 0.343 e. The highest BCUT2D eigenvalue weighted by molar-refractivity contribution is 7.33. The Morgan fingerprint density at radius 3 is 1.75 bits per heavy atom. The third kappa shape index (κ3) is 7.08. The van der Waals surface area contributed by atoms with Gasteiger partial charge in [0.15, 0.2) is 0 Å². The Morgan fingerprint density at radius 1 is 0.408 bits per heavy atom. The first-order chi connectivity index (χ1) is 37.3. The van der Waals surface area contributed by atoms with Crippen molar-refractivity contribution in [3.63, 3.8) is 0 Å². The fourth-order valence-electron chi connectivity index (χ4n) is 12.1. The second-order valence-electron chi connectivity index (χ2n) is 21.2. The van der Waals surface area contributed by atoms with Crippen molar-refractivity contribution in [1.82, 2.24) is 0 Å². The van der Waals surface area contributed by atoms with Gasteiger partial charge in [-0.05, 0) is 128 Å². The standard InChI is InChI=1S/C70H50BN3S2/c1-70(2,3)49-35-39-61(57(40-49)47-22-10-5-11-23-47)73-63-42-53(72(50-25-12-6-13-26-50)51-27-14-7-15-28-51)41-60-58-43-59-55-30-18-19-31-64(55)75-65(59)44-62(58)74(52-36-32-46(33-37-52)45-20-8-4-9-21-45)71(66(60)63)69-67(73)56-38-34-48-24-16-17-29-54(48)68(56)76-69/h4-44H,1-3H3. The van der Waals surface area contributed by atoms with Crippen molar-refractivity contribution in [2.45, 2.75) is 26.2 Å². The zero-order valence-corrected chi connectivity index (χ0v) is 44.0. The van der Waals surface area contributed by atoms with Crippen molar-refractivity contribution in [1.29, 1.82) is 0 Å². The lowest BCUT2D eigenvalue weighted by Gasteiger charge is -2.45. The van der Waals surface area contributed by atoms with Crippen LogP contribution in [0.4, 0.5) is 45.5 Å². The fraction of sp³-hybridized carbons (Fsp3) is 0.0571. The molecule has 0 bridgehead atoms. The van der Waals surface area contributed by atoms with Gasteiger partial charge in [-0.25, -0.2) is 0 Å². The van der Waals surface area contributed by atoms with E-state index in [2.05, 4.69) is 284 Å². The molecule has 3 nitrogen and oxygen atoms in total. The lowest BCUT2D eigenvalue weighted by molar-refractivity contribution is 0.590. The van der Waals surface area contributed by atoms with E-state index < -0.39 is 0 Å². The summed E-state index contributed by atoms with van der Waals surface area (Å²) in [5.74, 6) is 0. The normalized spacial score (nSPS) is 12.9. The van der Waals surface area contributed by atoms with Crippen LogP contribution in [0.5, 0.6) is 0 Å². The molecule has 0 amide bonds. The predicted molar refractivity (Wildman–Crippen MR) is 330 cm³/mol. The Kier molecular flexibility index (Phi) is 10.3. The molecular formula is C70H50BN3S2. The maximum Gasteiger partial charge on any atom is 0.343 e. The molecule has 2 aromatic heterocycles. The molecule has 0 saturated heterocycles. The number of hydrogen-bond donors (Lipinski definition) is 0. The maximum absolute atomic E-state index is 2.69. The fourth-order valence-corrected chi connectivity index (χ4v) is 14.7. The molecule has 0 unspecified atom stereocenters. The molecule has 4 heterocycles. The zero-order chi connectivity index (χ0) is 50.6. The van der Waals surface area contributed by atoms with E-state index in [-0.39, 0.29) is 12.3 Å². The second-order valence-corrected chi connectivity index (χ2v) is 23.4. The lowest BCUT2D eigenvalue weighted by Crippen LogP contribution is -2.60. The van der Waals surface area contributed by atoms with Crippen LogP contribution in [0.1, 0.15) is 26.3 Å². The first kappa shape index (κ1) is 44.8. The number of nitrogens with zero attached hydrogens (tertiary/aromatic N) is 3. The average Bonchev–Trinajstić information content (AvgIpc) is 4.10. The van der Waals surface area contributed by atoms with Gasteiger partial charge in [0.2, 0.25) is 0 Å². The van der Waals surface area contributed by atoms with Crippen molar-refractivity contribution < 1.29 is 0 Å². The third-order valence-corrected chi connectivity index (χ3v) is 18.2. The van der Waals surface area contributed by atoms with Gasteiger partial charge in [0.1, 0.15) is 0 Å². The van der Waals surface area contributed by atoms with Crippen LogP contribution in [0.2, 0.25) is 0 Å². The molecule has 15 rings (SSSR count). The van der Waals surface area contributed by atoms with E-state index in [1.54, 1.807) is 0 Å². The quantitative estimate of drug-likeness (QED) is 0.147. The van der Waals surface area contributed by atoms with Gasteiger partial charge >= 0.3 is 6.85 Å². The van der Waals surface area contributed by atoms with E-state index in [0.717, 1.165) is 28.4 Å². The maximum atomic E-state index is 2.69. The Hall–Kier alpha value is -8.68. The number of para-hydroxylation sites is 2. The van der Waals surface area contributed by atoms with Crippen LogP contribution in [0.15, 0.2) is 249 Å². The molecule has 2 aliphatic heterocycles. The van der Waals surface area contributed by atoms with Crippen LogP contribution < -0.4 is 24.9 Å². The van der Waals surface area contributed by atoms with Crippen molar-refractivity contribution in [2.24, 2.45) is 0 Å². The number of anilines is 8. The van der Waals surface area contributed by atoms with Crippen LogP contribution in [0, 0.1) is 0 Å². The summed E-state index contributed by atoms with van der Waals surface area (Å²) >= 11 is 3.86. The summed E-state index contributed by atoms with van der Waals surface area (Å²) in [5.41, 5.74) is 19.0. The lowest BCUT2D eigenvalue weighted by atomic mass is 9.46. The topological polar surface area (TPSA) is 9.72 Å². The molecule has 13 aromatic rings. The molecule has 11 aromatic carbocycles. The molecule has 0 saturated carbocycles. The van der Waals surface area contributed by atoms with Crippen LogP contribution in [0.25, 0.3) is 74.4 Å². The van der Waals surface area contributed by atoms with E-state index in [9.17, 15) is 0 Å². The summed E-state index contributed by atoms with van der Waals surface area (Å²) in [5, 5.41) is 6.35. The largest absolute Gasteiger partial charge is 0.376 e. The van der Waals surface area contributed by atoms with Crippen LogP contribution >= 0.6 is 22.7 Å². The average molecular weight is 1010 g/mol. The highest BCUT2D eigenvalue weighted by atomic mass is 32.1. The minimum Gasteiger partial charge on any atom is -0.376 e. The Labute approximate surface area is 451 Å².